The number of nitrogens with one attached hydrogen (secondary N) is 1. The van der Waals surface area contributed by atoms with Crippen molar-refractivity contribution in [2.24, 2.45) is 0 Å². The third-order valence-corrected chi connectivity index (χ3v) is 3.47. The molecular weight excluding hydrogens is 252 g/mol. The minimum absolute atomic E-state index is 0.678. The van der Waals surface area contributed by atoms with E-state index in [1.165, 1.54) is 29.5 Å². The number of benzene rings is 1. The molecule has 1 aromatic rings. The molecule has 82 valence electrons. The van der Waals surface area contributed by atoms with E-state index >= 15 is 0 Å². The largest absolute Gasteiger partial charge is 0.316 e. The first-order chi connectivity index (χ1) is 7.28. The molecule has 2 rings (SSSR count). The lowest BCUT2D eigenvalue weighted by Crippen LogP contribution is -2.29. The molecule has 0 radical (unpaired) electrons. The van der Waals surface area contributed by atoms with E-state index in [1.807, 2.05) is 7.05 Å². The third-order valence-electron chi connectivity index (χ3n) is 2.98. The van der Waals surface area contributed by atoms with Gasteiger partial charge in [-0.2, -0.15) is 0 Å². The van der Waals surface area contributed by atoms with Gasteiger partial charge in [0.2, 0.25) is 0 Å². The van der Waals surface area contributed by atoms with Crippen LogP contribution in [0.4, 0.5) is 0 Å². The van der Waals surface area contributed by atoms with Gasteiger partial charge < -0.3 is 5.32 Å². The smallest absolute Gasteiger partial charge is 0.0234 e. The van der Waals surface area contributed by atoms with Crippen LogP contribution in [0.5, 0.6) is 0 Å². The van der Waals surface area contributed by atoms with Crippen LogP contribution in [0.1, 0.15) is 12.0 Å². The molecule has 0 saturated carbocycles. The summed E-state index contributed by atoms with van der Waals surface area (Å²) < 4.78 is 1.17. The highest BCUT2D eigenvalue weighted by molar-refractivity contribution is 9.10. The van der Waals surface area contributed by atoms with Gasteiger partial charge in [-0.05, 0) is 31.2 Å². The van der Waals surface area contributed by atoms with Gasteiger partial charge in [0.15, 0.2) is 0 Å². The second kappa shape index (κ2) is 5.10. The van der Waals surface area contributed by atoms with Gasteiger partial charge in [-0.3, -0.25) is 4.90 Å². The fourth-order valence-corrected chi connectivity index (χ4v) is 2.55. The predicted molar refractivity (Wildman–Crippen MR) is 66.9 cm³/mol. The first-order valence-corrected chi connectivity index (χ1v) is 6.21. The number of likely N-dealkylation sites (tertiary alicyclic amines) is 1. The number of halogens is 1. The Kier molecular flexibility index (Phi) is 3.78. The van der Waals surface area contributed by atoms with Crippen LogP contribution >= 0.6 is 15.9 Å². The lowest BCUT2D eigenvalue weighted by Gasteiger charge is -2.15. The molecule has 1 aliphatic rings. The van der Waals surface area contributed by atoms with E-state index in [9.17, 15) is 0 Å². The molecule has 0 aliphatic carbocycles. The van der Waals surface area contributed by atoms with Crippen molar-refractivity contribution in [3.63, 3.8) is 0 Å². The fraction of sp³-hybridized carbons (Fsp3) is 0.500. The maximum Gasteiger partial charge on any atom is 0.0234 e. The topological polar surface area (TPSA) is 15.3 Å². The standard InChI is InChI=1S/C12H17BrN2/c1-14-12-5-6-15(9-12)8-10-3-2-4-11(13)7-10/h2-4,7,12,14H,5-6,8-9H2,1H3. The van der Waals surface area contributed by atoms with Crippen LogP contribution in [0, 0.1) is 0 Å². The maximum absolute atomic E-state index is 3.51. The highest BCUT2D eigenvalue weighted by Crippen LogP contribution is 2.16. The lowest BCUT2D eigenvalue weighted by molar-refractivity contribution is 0.322. The minimum Gasteiger partial charge on any atom is -0.316 e. The SMILES string of the molecule is CNC1CCN(Cc2cccc(Br)c2)C1. The van der Waals surface area contributed by atoms with Crippen LogP contribution in [0.15, 0.2) is 28.7 Å². The summed E-state index contributed by atoms with van der Waals surface area (Å²) in [5, 5.41) is 3.34. The summed E-state index contributed by atoms with van der Waals surface area (Å²) >= 11 is 3.51. The number of hydrogen-bond donors (Lipinski definition) is 1. The van der Waals surface area contributed by atoms with Gasteiger partial charge >= 0.3 is 0 Å². The molecule has 1 atom stereocenters. The van der Waals surface area contributed by atoms with E-state index in [-0.39, 0.29) is 0 Å². The molecule has 1 aliphatic heterocycles. The molecule has 0 amide bonds. The Morgan fingerprint density at radius 3 is 3.07 bits per heavy atom. The monoisotopic (exact) mass is 268 g/mol. The number of rotatable bonds is 3. The number of hydrogen-bond acceptors (Lipinski definition) is 2. The minimum atomic E-state index is 0.678. The van der Waals surface area contributed by atoms with Crippen molar-refractivity contribution in [2.45, 2.75) is 19.0 Å². The van der Waals surface area contributed by atoms with Crippen molar-refractivity contribution >= 4 is 15.9 Å². The Labute approximate surface area is 99.8 Å². The van der Waals surface area contributed by atoms with Crippen LogP contribution in [0.25, 0.3) is 0 Å². The molecule has 1 fully saturated rings. The Morgan fingerprint density at radius 1 is 1.53 bits per heavy atom. The lowest BCUT2D eigenvalue weighted by atomic mass is 10.2. The molecule has 0 spiro atoms. The molecule has 1 unspecified atom stereocenters. The van der Waals surface area contributed by atoms with Crippen LogP contribution in [-0.2, 0) is 6.54 Å². The molecule has 0 bridgehead atoms. The summed E-state index contributed by atoms with van der Waals surface area (Å²) in [6, 6.07) is 9.25. The zero-order valence-corrected chi connectivity index (χ0v) is 10.6. The predicted octanol–water partition coefficient (Wildman–Crippen LogP) is 2.24. The summed E-state index contributed by atoms with van der Waals surface area (Å²) in [7, 11) is 2.05. The van der Waals surface area contributed by atoms with Crippen LogP contribution in [0.3, 0.4) is 0 Å². The van der Waals surface area contributed by atoms with Gasteiger partial charge in [-0.1, -0.05) is 28.1 Å². The van der Waals surface area contributed by atoms with Gasteiger partial charge in [0.05, 0.1) is 0 Å². The summed E-state index contributed by atoms with van der Waals surface area (Å²) in [5.74, 6) is 0. The first-order valence-electron chi connectivity index (χ1n) is 5.42. The second-order valence-corrected chi connectivity index (χ2v) is 5.05. The fourth-order valence-electron chi connectivity index (χ4n) is 2.11. The quantitative estimate of drug-likeness (QED) is 0.905. The van der Waals surface area contributed by atoms with Crippen molar-refractivity contribution in [1.82, 2.24) is 10.2 Å². The molecule has 1 N–H and O–H groups in total. The third kappa shape index (κ3) is 3.03. The summed E-state index contributed by atoms with van der Waals surface area (Å²) in [6.07, 6.45) is 1.27. The number of likely N-dealkylation sites (N-methyl/N-ethyl adjacent to an activating group) is 1. The van der Waals surface area contributed by atoms with Crippen molar-refractivity contribution in [2.75, 3.05) is 20.1 Å². The van der Waals surface area contributed by atoms with E-state index in [4.69, 9.17) is 0 Å². The Morgan fingerprint density at radius 2 is 2.40 bits per heavy atom. The van der Waals surface area contributed by atoms with Crippen LogP contribution in [0.2, 0.25) is 0 Å². The molecule has 2 nitrogen and oxygen atoms in total. The van der Waals surface area contributed by atoms with Gasteiger partial charge in [-0.15, -0.1) is 0 Å². The molecular formula is C12H17BrN2. The molecule has 0 aromatic heterocycles. The molecule has 1 saturated heterocycles. The van der Waals surface area contributed by atoms with Crippen LogP contribution in [-0.4, -0.2) is 31.1 Å². The van der Waals surface area contributed by atoms with E-state index in [0.29, 0.717) is 6.04 Å². The second-order valence-electron chi connectivity index (χ2n) is 4.14. The van der Waals surface area contributed by atoms with Crippen molar-refractivity contribution in [3.8, 4) is 0 Å². The first kappa shape index (κ1) is 11.1. The normalized spacial score (nSPS) is 22.1. The Balaban J connectivity index is 1.92. The maximum atomic E-state index is 3.51. The Hall–Kier alpha value is -0.380. The molecule has 1 heterocycles. The van der Waals surface area contributed by atoms with Crippen LogP contribution < -0.4 is 5.32 Å². The van der Waals surface area contributed by atoms with E-state index in [2.05, 4.69) is 50.4 Å². The van der Waals surface area contributed by atoms with E-state index in [0.717, 1.165) is 6.54 Å². The van der Waals surface area contributed by atoms with Gasteiger partial charge in [-0.25, -0.2) is 0 Å². The summed E-state index contributed by atoms with van der Waals surface area (Å²) in [5.41, 5.74) is 1.39. The van der Waals surface area contributed by atoms with Gasteiger partial charge in [0.25, 0.3) is 0 Å². The Bertz CT molecular complexity index is 327. The molecule has 15 heavy (non-hydrogen) atoms. The van der Waals surface area contributed by atoms with Crippen molar-refractivity contribution < 1.29 is 0 Å². The highest BCUT2D eigenvalue weighted by Gasteiger charge is 2.20. The average molecular weight is 269 g/mol. The average Bonchev–Trinajstić information content (AvgIpc) is 2.65. The summed E-state index contributed by atoms with van der Waals surface area (Å²) in [6.45, 7) is 3.44. The van der Waals surface area contributed by atoms with E-state index < -0.39 is 0 Å². The van der Waals surface area contributed by atoms with Gasteiger partial charge in [0, 0.05) is 30.1 Å². The van der Waals surface area contributed by atoms with Crippen molar-refractivity contribution in [3.05, 3.63) is 34.3 Å². The molecule has 3 heteroatoms. The zero-order valence-electron chi connectivity index (χ0n) is 9.04. The van der Waals surface area contributed by atoms with E-state index in [1.54, 1.807) is 0 Å². The van der Waals surface area contributed by atoms with Gasteiger partial charge in [0.1, 0.15) is 0 Å². The highest BCUT2D eigenvalue weighted by atomic mass is 79.9. The molecule has 1 aromatic carbocycles. The zero-order chi connectivity index (χ0) is 10.7. The summed E-state index contributed by atoms with van der Waals surface area (Å²) in [4.78, 5) is 2.50. The van der Waals surface area contributed by atoms with Crippen molar-refractivity contribution in [1.29, 1.82) is 0 Å². The number of nitrogens with zero attached hydrogens (tertiary/aromatic N) is 1.